The summed E-state index contributed by atoms with van der Waals surface area (Å²) >= 11 is 1.98. The summed E-state index contributed by atoms with van der Waals surface area (Å²) in [7, 11) is 1.71. The Kier molecular flexibility index (Phi) is 8.44. The van der Waals surface area contributed by atoms with Gasteiger partial charge in [0.2, 0.25) is 0 Å². The lowest BCUT2D eigenvalue weighted by Crippen LogP contribution is -2.47. The summed E-state index contributed by atoms with van der Waals surface area (Å²) in [6.07, 6.45) is 3.79. The SMILES string of the molecule is CCC1CN(C(=NC)NCc2nccn2C(F)F)CCS1.I. The normalized spacial score (nSPS) is 19.2. The van der Waals surface area contributed by atoms with Gasteiger partial charge in [-0.1, -0.05) is 6.92 Å². The molecule has 0 saturated carbocycles. The van der Waals surface area contributed by atoms with Crippen molar-refractivity contribution in [2.75, 3.05) is 25.9 Å². The second kappa shape index (κ2) is 9.53. The first-order valence-electron chi connectivity index (χ1n) is 7.02. The molecule has 0 bridgehead atoms. The summed E-state index contributed by atoms with van der Waals surface area (Å²) in [4.78, 5) is 10.4. The van der Waals surface area contributed by atoms with Crippen LogP contribution in [0.25, 0.3) is 0 Å². The molecule has 1 N–H and O–H groups in total. The van der Waals surface area contributed by atoms with Crippen LogP contribution in [0, 0.1) is 0 Å². The summed E-state index contributed by atoms with van der Waals surface area (Å²) in [5.74, 6) is 2.12. The smallest absolute Gasteiger partial charge is 0.319 e. The van der Waals surface area contributed by atoms with Crippen LogP contribution in [0.2, 0.25) is 0 Å². The topological polar surface area (TPSA) is 45.4 Å². The highest BCUT2D eigenvalue weighted by atomic mass is 127. The quantitative estimate of drug-likeness (QED) is 0.440. The lowest BCUT2D eigenvalue weighted by molar-refractivity contribution is 0.0668. The van der Waals surface area contributed by atoms with E-state index in [9.17, 15) is 8.78 Å². The molecule has 1 fully saturated rings. The predicted octanol–water partition coefficient (Wildman–Crippen LogP) is 2.80. The van der Waals surface area contributed by atoms with E-state index in [0.29, 0.717) is 11.1 Å². The van der Waals surface area contributed by atoms with Crippen LogP contribution in [-0.2, 0) is 6.54 Å². The number of halogens is 3. The van der Waals surface area contributed by atoms with Gasteiger partial charge in [0.15, 0.2) is 5.96 Å². The van der Waals surface area contributed by atoms with Crippen LogP contribution >= 0.6 is 35.7 Å². The van der Waals surface area contributed by atoms with Crippen molar-refractivity contribution >= 4 is 41.7 Å². The highest BCUT2D eigenvalue weighted by Gasteiger charge is 2.21. The molecule has 9 heteroatoms. The first-order chi connectivity index (χ1) is 10.2. The molecule has 1 aromatic heterocycles. The Labute approximate surface area is 151 Å². The minimum absolute atomic E-state index is 0. The van der Waals surface area contributed by atoms with E-state index in [4.69, 9.17) is 0 Å². The van der Waals surface area contributed by atoms with Crippen molar-refractivity contribution < 1.29 is 8.78 Å². The van der Waals surface area contributed by atoms with E-state index in [1.165, 1.54) is 12.4 Å². The molecule has 126 valence electrons. The molecule has 1 saturated heterocycles. The van der Waals surface area contributed by atoms with Gasteiger partial charge in [0.25, 0.3) is 0 Å². The zero-order valence-electron chi connectivity index (χ0n) is 12.7. The Hall–Kier alpha value is -0.580. The minimum Gasteiger partial charge on any atom is -0.349 e. The van der Waals surface area contributed by atoms with E-state index in [0.717, 1.165) is 35.8 Å². The second-order valence-corrected chi connectivity index (χ2v) is 6.18. The van der Waals surface area contributed by atoms with Crippen LogP contribution in [0.4, 0.5) is 8.78 Å². The number of hydrogen-bond acceptors (Lipinski definition) is 3. The summed E-state index contributed by atoms with van der Waals surface area (Å²) in [6.45, 7) is 1.71. The maximum Gasteiger partial charge on any atom is 0.319 e. The maximum absolute atomic E-state index is 12.8. The van der Waals surface area contributed by atoms with Crippen molar-refractivity contribution in [2.24, 2.45) is 4.99 Å². The molecule has 2 rings (SSSR count). The van der Waals surface area contributed by atoms with Crippen molar-refractivity contribution in [3.05, 3.63) is 18.2 Å². The molecular formula is C13H22F2IN5S. The van der Waals surface area contributed by atoms with Gasteiger partial charge in [0, 0.05) is 43.5 Å². The molecule has 1 unspecified atom stereocenters. The zero-order chi connectivity index (χ0) is 15.2. The van der Waals surface area contributed by atoms with E-state index < -0.39 is 6.55 Å². The van der Waals surface area contributed by atoms with Crippen molar-refractivity contribution in [3.8, 4) is 0 Å². The first-order valence-corrected chi connectivity index (χ1v) is 8.07. The van der Waals surface area contributed by atoms with E-state index in [-0.39, 0.29) is 30.5 Å². The molecule has 22 heavy (non-hydrogen) atoms. The van der Waals surface area contributed by atoms with Crippen LogP contribution in [0.15, 0.2) is 17.4 Å². The molecule has 5 nitrogen and oxygen atoms in total. The number of aliphatic imine (C=N–C) groups is 1. The number of imidazole rings is 1. The van der Waals surface area contributed by atoms with Crippen LogP contribution in [0.3, 0.4) is 0 Å². The Morgan fingerprint density at radius 3 is 3.00 bits per heavy atom. The largest absolute Gasteiger partial charge is 0.349 e. The number of hydrogen-bond donors (Lipinski definition) is 1. The highest BCUT2D eigenvalue weighted by molar-refractivity contribution is 14.0. The average Bonchev–Trinajstić information content (AvgIpc) is 2.97. The van der Waals surface area contributed by atoms with Crippen molar-refractivity contribution in [1.82, 2.24) is 19.8 Å². The second-order valence-electron chi connectivity index (χ2n) is 4.78. The number of nitrogens with one attached hydrogen (secondary N) is 1. The van der Waals surface area contributed by atoms with Gasteiger partial charge in [0.05, 0.1) is 6.54 Å². The molecule has 0 spiro atoms. The van der Waals surface area contributed by atoms with E-state index in [2.05, 4.69) is 27.1 Å². The fraction of sp³-hybridized carbons (Fsp3) is 0.692. The first kappa shape index (κ1) is 19.5. The Bertz CT molecular complexity index is 483. The Morgan fingerprint density at radius 1 is 1.59 bits per heavy atom. The van der Waals surface area contributed by atoms with Gasteiger partial charge >= 0.3 is 6.55 Å². The highest BCUT2D eigenvalue weighted by Crippen LogP contribution is 2.21. The fourth-order valence-corrected chi connectivity index (χ4v) is 3.49. The van der Waals surface area contributed by atoms with Crippen LogP contribution in [0.1, 0.15) is 25.7 Å². The monoisotopic (exact) mass is 445 g/mol. The number of thioether (sulfide) groups is 1. The molecule has 1 aliphatic heterocycles. The predicted molar refractivity (Wildman–Crippen MR) is 97.2 cm³/mol. The summed E-state index contributed by atoms with van der Waals surface area (Å²) in [5.41, 5.74) is 0. The van der Waals surface area contributed by atoms with Gasteiger partial charge in [-0.2, -0.15) is 20.5 Å². The number of rotatable bonds is 4. The third-order valence-electron chi connectivity index (χ3n) is 3.47. The molecule has 0 aliphatic carbocycles. The van der Waals surface area contributed by atoms with Crippen molar-refractivity contribution in [3.63, 3.8) is 0 Å². The lowest BCUT2D eigenvalue weighted by atomic mass is 10.3. The Balaban J connectivity index is 0.00000242. The van der Waals surface area contributed by atoms with E-state index >= 15 is 0 Å². The van der Waals surface area contributed by atoms with E-state index in [1.54, 1.807) is 7.05 Å². The standard InChI is InChI=1S/C13H21F2N5S.HI/c1-3-10-9-19(6-7-21-10)13(16-2)18-8-11-17-4-5-20(11)12(14)15;/h4-5,10,12H,3,6-9H2,1-2H3,(H,16,18);1H. The van der Waals surface area contributed by atoms with Gasteiger partial charge in [-0.15, -0.1) is 24.0 Å². The molecule has 0 radical (unpaired) electrons. The summed E-state index contributed by atoms with van der Waals surface area (Å²) in [5, 5.41) is 3.73. The van der Waals surface area contributed by atoms with Gasteiger partial charge in [0.1, 0.15) is 5.82 Å². The summed E-state index contributed by atoms with van der Waals surface area (Å²) < 4.78 is 26.4. The maximum atomic E-state index is 12.8. The van der Waals surface area contributed by atoms with Gasteiger partial charge in [-0.3, -0.25) is 9.56 Å². The van der Waals surface area contributed by atoms with Gasteiger partial charge in [-0.05, 0) is 6.42 Å². The third kappa shape index (κ3) is 4.97. The number of guanidine groups is 1. The number of nitrogens with zero attached hydrogens (tertiary/aromatic N) is 4. The van der Waals surface area contributed by atoms with Crippen molar-refractivity contribution in [2.45, 2.75) is 31.7 Å². The third-order valence-corrected chi connectivity index (χ3v) is 4.84. The number of alkyl halides is 2. The average molecular weight is 445 g/mol. The van der Waals surface area contributed by atoms with Crippen LogP contribution < -0.4 is 5.32 Å². The van der Waals surface area contributed by atoms with Crippen LogP contribution in [0.5, 0.6) is 0 Å². The fourth-order valence-electron chi connectivity index (χ4n) is 2.31. The Morgan fingerprint density at radius 2 is 2.36 bits per heavy atom. The van der Waals surface area contributed by atoms with Crippen molar-refractivity contribution in [1.29, 1.82) is 0 Å². The lowest BCUT2D eigenvalue weighted by Gasteiger charge is -2.34. The molecule has 1 aromatic rings. The molecule has 1 aliphatic rings. The zero-order valence-corrected chi connectivity index (χ0v) is 15.9. The van der Waals surface area contributed by atoms with E-state index in [1.807, 2.05) is 11.8 Å². The molecule has 0 aromatic carbocycles. The summed E-state index contributed by atoms with van der Waals surface area (Å²) in [6, 6.07) is 0. The number of aromatic nitrogens is 2. The molecule has 1 atom stereocenters. The minimum atomic E-state index is -2.57. The van der Waals surface area contributed by atoms with Gasteiger partial charge in [-0.25, -0.2) is 4.98 Å². The molecule has 2 heterocycles. The molecular weight excluding hydrogens is 423 g/mol. The van der Waals surface area contributed by atoms with Gasteiger partial charge < -0.3 is 10.2 Å². The molecule has 0 amide bonds. The van der Waals surface area contributed by atoms with Crippen LogP contribution in [-0.4, -0.2) is 51.6 Å².